The third kappa shape index (κ3) is 5.30. The number of nitrogens with one attached hydrogen (secondary N) is 1. The molecule has 2 aliphatic rings. The zero-order valence-corrected chi connectivity index (χ0v) is 19.8. The van der Waals surface area contributed by atoms with E-state index in [1.54, 1.807) is 15.6 Å². The molecule has 0 aromatic carbocycles. The number of aromatic amines is 1. The number of fused-ring (bicyclic) bond motifs is 1. The molecule has 0 spiro atoms. The molecule has 1 unspecified atom stereocenters. The van der Waals surface area contributed by atoms with Crippen molar-refractivity contribution in [2.75, 3.05) is 29.5 Å². The Morgan fingerprint density at radius 2 is 1.79 bits per heavy atom. The van der Waals surface area contributed by atoms with Crippen LogP contribution in [0.1, 0.15) is 35.4 Å². The molecule has 0 radical (unpaired) electrons. The summed E-state index contributed by atoms with van der Waals surface area (Å²) in [5.41, 5.74) is -2.36. The van der Waals surface area contributed by atoms with E-state index < -0.39 is 29.0 Å². The molecule has 1 atom stereocenters. The lowest BCUT2D eigenvalue weighted by atomic mass is 10.2. The van der Waals surface area contributed by atoms with Crippen LogP contribution in [0.5, 0.6) is 0 Å². The molecule has 16 heteroatoms. The van der Waals surface area contributed by atoms with Crippen LogP contribution in [-0.2, 0) is 36.8 Å². The highest BCUT2D eigenvalue weighted by Crippen LogP contribution is 2.36. The number of ether oxygens (including phenoxy) is 1. The van der Waals surface area contributed by atoms with Gasteiger partial charge in [-0.2, -0.15) is 36.5 Å². The minimum absolute atomic E-state index is 0.112. The maximum Gasteiger partial charge on any atom is 0.423 e. The van der Waals surface area contributed by atoms with Crippen LogP contribution in [0.15, 0.2) is 29.5 Å². The first-order valence-corrected chi connectivity index (χ1v) is 11.7. The molecule has 204 valence electrons. The van der Waals surface area contributed by atoms with Crippen molar-refractivity contribution in [1.29, 1.82) is 0 Å². The van der Waals surface area contributed by atoms with E-state index in [1.165, 1.54) is 4.90 Å². The summed E-state index contributed by atoms with van der Waals surface area (Å²) in [6.45, 7) is 1.82. The molecule has 3 aromatic heterocycles. The van der Waals surface area contributed by atoms with E-state index in [-0.39, 0.29) is 30.9 Å². The van der Waals surface area contributed by atoms with Crippen LogP contribution >= 0.6 is 0 Å². The normalized spacial score (nSPS) is 18.2. The SMILES string of the molecule is O=c1[nH]ncc(N2CCCC2COCc2cc3n(n2)CCN(c2ncc(C(F)(F)F)cn2)C3)c1C(F)(F)F. The number of H-pyrrole nitrogens is 1. The van der Waals surface area contributed by atoms with Crippen molar-refractivity contribution in [3.63, 3.8) is 0 Å². The van der Waals surface area contributed by atoms with Crippen molar-refractivity contribution in [1.82, 2.24) is 29.9 Å². The van der Waals surface area contributed by atoms with E-state index in [0.717, 1.165) is 24.3 Å². The monoisotopic (exact) mass is 544 g/mol. The van der Waals surface area contributed by atoms with E-state index in [0.29, 0.717) is 44.7 Å². The van der Waals surface area contributed by atoms with Crippen LogP contribution in [-0.4, -0.2) is 55.7 Å². The highest BCUT2D eigenvalue weighted by atomic mass is 19.4. The molecule has 1 N–H and O–H groups in total. The van der Waals surface area contributed by atoms with Crippen LogP contribution in [0.2, 0.25) is 0 Å². The number of rotatable bonds is 6. The van der Waals surface area contributed by atoms with Crippen molar-refractivity contribution in [3.05, 3.63) is 57.5 Å². The van der Waals surface area contributed by atoms with E-state index in [2.05, 4.69) is 20.2 Å². The lowest BCUT2D eigenvalue weighted by molar-refractivity contribution is -0.139. The molecule has 10 nitrogen and oxygen atoms in total. The minimum Gasteiger partial charge on any atom is -0.373 e. The molecule has 2 aliphatic heterocycles. The summed E-state index contributed by atoms with van der Waals surface area (Å²) in [4.78, 5) is 22.8. The maximum absolute atomic E-state index is 13.5. The quantitative estimate of drug-likeness (QED) is 0.473. The van der Waals surface area contributed by atoms with E-state index in [9.17, 15) is 31.1 Å². The van der Waals surface area contributed by atoms with Crippen molar-refractivity contribution >= 4 is 11.6 Å². The van der Waals surface area contributed by atoms with Gasteiger partial charge < -0.3 is 14.5 Å². The van der Waals surface area contributed by atoms with E-state index in [1.807, 2.05) is 5.10 Å². The van der Waals surface area contributed by atoms with Gasteiger partial charge in [0.2, 0.25) is 5.95 Å². The van der Waals surface area contributed by atoms with Crippen molar-refractivity contribution in [2.24, 2.45) is 0 Å². The molecular formula is C22H22F6N8O2. The third-order valence-electron chi connectivity index (χ3n) is 6.46. The fourth-order valence-corrected chi connectivity index (χ4v) is 4.70. The number of hydrogen-bond acceptors (Lipinski definition) is 8. The molecule has 5 heterocycles. The molecule has 0 aliphatic carbocycles. The lowest BCUT2D eigenvalue weighted by Crippen LogP contribution is -2.37. The van der Waals surface area contributed by atoms with Crippen LogP contribution in [0.3, 0.4) is 0 Å². The summed E-state index contributed by atoms with van der Waals surface area (Å²) in [5, 5.41) is 9.88. The Hall–Kier alpha value is -3.69. The van der Waals surface area contributed by atoms with Gasteiger partial charge in [0.25, 0.3) is 5.56 Å². The van der Waals surface area contributed by atoms with Crippen LogP contribution in [0.4, 0.5) is 38.0 Å². The predicted octanol–water partition coefficient (Wildman–Crippen LogP) is 3.00. The zero-order chi connectivity index (χ0) is 27.1. The van der Waals surface area contributed by atoms with Crippen molar-refractivity contribution < 1.29 is 31.1 Å². The standard InChI is InChI=1S/C22H22F6N8O2/c23-21(24,25)13-7-29-20(30-8-13)34-4-5-36-16(10-34)6-14(33-36)11-38-12-15-2-1-3-35(15)17-9-31-32-19(37)18(17)22(26,27)28/h6-9,15H,1-5,10-12H2,(H,32,37). The summed E-state index contributed by atoms with van der Waals surface area (Å²) in [6.07, 6.45) is -5.60. The molecular weight excluding hydrogens is 522 g/mol. The highest BCUT2D eigenvalue weighted by Gasteiger charge is 2.40. The van der Waals surface area contributed by atoms with E-state index in [4.69, 9.17) is 4.74 Å². The number of aromatic nitrogens is 6. The van der Waals surface area contributed by atoms with Crippen molar-refractivity contribution in [2.45, 2.75) is 50.9 Å². The largest absolute Gasteiger partial charge is 0.423 e. The molecule has 1 saturated heterocycles. The third-order valence-corrected chi connectivity index (χ3v) is 6.46. The average molecular weight is 544 g/mol. The number of nitrogens with zero attached hydrogens (tertiary/aromatic N) is 7. The second kappa shape index (κ2) is 9.89. The molecule has 0 bridgehead atoms. The second-order valence-electron chi connectivity index (χ2n) is 9.00. The van der Waals surface area contributed by atoms with Gasteiger partial charge in [-0.25, -0.2) is 15.1 Å². The molecule has 3 aromatic rings. The van der Waals surface area contributed by atoms with Gasteiger partial charge >= 0.3 is 12.4 Å². The Bertz CT molecular complexity index is 1340. The first-order chi connectivity index (χ1) is 18.0. The molecule has 0 saturated carbocycles. The van der Waals surface area contributed by atoms with Gasteiger partial charge in [0, 0.05) is 25.5 Å². The predicted molar refractivity (Wildman–Crippen MR) is 120 cm³/mol. The van der Waals surface area contributed by atoms with Crippen LogP contribution < -0.4 is 15.4 Å². The van der Waals surface area contributed by atoms with Gasteiger partial charge in [0.05, 0.1) is 61.2 Å². The maximum atomic E-state index is 13.5. The lowest BCUT2D eigenvalue weighted by Gasteiger charge is -2.28. The fourth-order valence-electron chi connectivity index (χ4n) is 4.70. The molecule has 5 rings (SSSR count). The number of hydrogen-bond donors (Lipinski definition) is 1. The summed E-state index contributed by atoms with van der Waals surface area (Å²) in [5.74, 6) is 0.178. The summed E-state index contributed by atoms with van der Waals surface area (Å²) >= 11 is 0. The Balaban J connectivity index is 1.20. The Kier molecular flexibility index (Phi) is 6.75. The van der Waals surface area contributed by atoms with Gasteiger partial charge in [-0.05, 0) is 18.9 Å². The number of alkyl halides is 6. The van der Waals surface area contributed by atoms with Gasteiger partial charge in [0.15, 0.2) is 0 Å². The summed E-state index contributed by atoms with van der Waals surface area (Å²) < 4.78 is 86.4. The Labute approximate surface area is 211 Å². The Morgan fingerprint density at radius 3 is 2.50 bits per heavy atom. The topological polar surface area (TPSA) is 105 Å². The Morgan fingerprint density at radius 1 is 1.03 bits per heavy atom. The van der Waals surface area contributed by atoms with Crippen LogP contribution in [0, 0.1) is 0 Å². The van der Waals surface area contributed by atoms with Crippen molar-refractivity contribution in [3.8, 4) is 0 Å². The number of halogens is 6. The molecule has 38 heavy (non-hydrogen) atoms. The van der Waals surface area contributed by atoms with Crippen LogP contribution in [0.25, 0.3) is 0 Å². The summed E-state index contributed by atoms with van der Waals surface area (Å²) in [6, 6.07) is 1.43. The van der Waals surface area contributed by atoms with Gasteiger partial charge in [-0.3, -0.25) is 9.48 Å². The van der Waals surface area contributed by atoms with Gasteiger partial charge in [-0.1, -0.05) is 0 Å². The second-order valence-corrected chi connectivity index (χ2v) is 9.00. The number of anilines is 2. The van der Waals surface area contributed by atoms with Gasteiger partial charge in [0.1, 0.15) is 5.56 Å². The molecule has 1 fully saturated rings. The first kappa shape index (κ1) is 25.9. The smallest absolute Gasteiger partial charge is 0.373 e. The first-order valence-electron chi connectivity index (χ1n) is 11.7. The van der Waals surface area contributed by atoms with E-state index >= 15 is 0 Å². The zero-order valence-electron chi connectivity index (χ0n) is 19.8. The average Bonchev–Trinajstić information content (AvgIpc) is 3.49. The molecule has 0 amide bonds. The fraction of sp³-hybridized carbons (Fsp3) is 0.500. The summed E-state index contributed by atoms with van der Waals surface area (Å²) in [7, 11) is 0. The highest BCUT2D eigenvalue weighted by molar-refractivity contribution is 5.54. The minimum atomic E-state index is -4.82. The van der Waals surface area contributed by atoms with Gasteiger partial charge in [-0.15, -0.1) is 0 Å².